The number of rotatable bonds is 6. The molecule has 1 aliphatic heterocycles. The Morgan fingerprint density at radius 2 is 2.00 bits per heavy atom. The normalized spacial score (nSPS) is 14.4. The van der Waals surface area contributed by atoms with Crippen LogP contribution >= 0.6 is 11.3 Å². The van der Waals surface area contributed by atoms with E-state index in [1.807, 2.05) is 29.8 Å². The zero-order valence-electron chi connectivity index (χ0n) is 18.1. The molecule has 0 unspecified atom stereocenters. The van der Waals surface area contributed by atoms with Gasteiger partial charge in [-0.05, 0) is 30.3 Å². The molecule has 0 spiro atoms. The lowest BCUT2D eigenvalue weighted by Gasteiger charge is -2.36. The highest BCUT2D eigenvalue weighted by Crippen LogP contribution is 2.27. The van der Waals surface area contributed by atoms with Gasteiger partial charge in [-0.2, -0.15) is 0 Å². The Hall–Kier alpha value is -3.41. The maximum Gasteiger partial charge on any atom is 0.363 e. The first-order chi connectivity index (χ1) is 16.2. The first kappa shape index (κ1) is 21.4. The minimum atomic E-state index is -0.305. The quantitative estimate of drug-likeness (QED) is 0.440. The van der Waals surface area contributed by atoms with Gasteiger partial charge in [0.1, 0.15) is 5.69 Å². The van der Waals surface area contributed by atoms with Crippen molar-refractivity contribution in [2.45, 2.75) is 0 Å². The number of amides is 1. The predicted molar refractivity (Wildman–Crippen MR) is 131 cm³/mol. The summed E-state index contributed by atoms with van der Waals surface area (Å²) < 4.78 is 6.33. The topological polar surface area (TPSA) is 96.4 Å². The molecule has 0 bridgehead atoms. The van der Waals surface area contributed by atoms with Crippen molar-refractivity contribution in [2.75, 3.05) is 43.5 Å². The highest BCUT2D eigenvalue weighted by molar-refractivity contribution is 7.16. The third-order valence-corrected chi connectivity index (χ3v) is 6.36. The molecule has 1 saturated heterocycles. The molecule has 1 aromatic carbocycles. The van der Waals surface area contributed by atoms with Crippen LogP contribution in [0.15, 0.2) is 54.4 Å². The maximum atomic E-state index is 13.1. The van der Waals surface area contributed by atoms with Crippen molar-refractivity contribution in [3.63, 3.8) is 0 Å². The van der Waals surface area contributed by atoms with Gasteiger partial charge in [0.05, 0.1) is 33.3 Å². The minimum absolute atomic E-state index is 0.290. The van der Waals surface area contributed by atoms with Gasteiger partial charge in [-0.15, -0.1) is 11.3 Å². The maximum absolute atomic E-state index is 13.1. The molecule has 11 heteroatoms. The first-order valence-corrected chi connectivity index (χ1v) is 11.5. The Morgan fingerprint density at radius 3 is 2.85 bits per heavy atom. The summed E-state index contributed by atoms with van der Waals surface area (Å²) in [5.41, 5.74) is 5.41. The van der Waals surface area contributed by atoms with Gasteiger partial charge in [-0.3, -0.25) is 9.78 Å². The van der Waals surface area contributed by atoms with E-state index in [0.29, 0.717) is 19.1 Å². The summed E-state index contributed by atoms with van der Waals surface area (Å²) in [6.45, 7) is 3.46. The van der Waals surface area contributed by atoms with Gasteiger partial charge >= 0.3 is 7.62 Å². The molecule has 1 aliphatic rings. The predicted octanol–water partition coefficient (Wildman–Crippen LogP) is 2.44. The van der Waals surface area contributed by atoms with Crippen LogP contribution in [0.5, 0.6) is 0 Å². The summed E-state index contributed by atoms with van der Waals surface area (Å²) in [6.07, 6.45) is 5.01. The van der Waals surface area contributed by atoms with E-state index in [-0.39, 0.29) is 11.6 Å². The molecule has 4 heterocycles. The number of piperazine rings is 1. The highest BCUT2D eigenvalue weighted by atomic mass is 32.1. The number of pyridine rings is 1. The standard InChI is InChI=1S/C22H22BN7O2S/c1-32-23-30-10-8-29(9-11-30)19-5-6-24-13-18(19)28-22(31)16-4-7-25-21(27-16)15-2-3-20-17(12-15)26-14-33-20/h2-7,12-14,23H,8-11H2,1H3,(H,28,31). The van der Waals surface area contributed by atoms with E-state index in [0.717, 1.165) is 47.6 Å². The largest absolute Gasteiger partial charge is 0.427 e. The monoisotopic (exact) mass is 459 g/mol. The van der Waals surface area contributed by atoms with Gasteiger partial charge in [0.2, 0.25) is 0 Å². The number of carbonyl (C=O) groups excluding carboxylic acids is 1. The van der Waals surface area contributed by atoms with Gasteiger partial charge in [-0.1, -0.05) is 0 Å². The molecule has 1 amide bonds. The SMILES string of the molecule is COBN1CCN(c2ccncc2NC(=O)c2ccnc(-c3ccc4scnc4c3)n2)CC1. The third kappa shape index (κ3) is 4.70. The average molecular weight is 459 g/mol. The fraction of sp³-hybridized carbons (Fsp3) is 0.227. The molecule has 5 rings (SSSR count). The molecule has 1 N–H and O–H groups in total. The molecule has 0 radical (unpaired) electrons. The number of nitrogens with one attached hydrogen (secondary N) is 1. The number of thiazole rings is 1. The van der Waals surface area contributed by atoms with Gasteiger partial charge in [0.15, 0.2) is 5.82 Å². The fourth-order valence-corrected chi connectivity index (χ4v) is 4.53. The summed E-state index contributed by atoms with van der Waals surface area (Å²) in [5.74, 6) is 0.180. The fourth-order valence-electron chi connectivity index (χ4n) is 3.87. The number of hydrogen-bond acceptors (Lipinski definition) is 9. The lowest BCUT2D eigenvalue weighted by Crippen LogP contribution is -2.48. The molecule has 1 fully saturated rings. The molecule has 9 nitrogen and oxygen atoms in total. The number of aromatic nitrogens is 4. The smallest absolute Gasteiger partial charge is 0.363 e. The Kier molecular flexibility index (Phi) is 6.25. The Bertz CT molecular complexity index is 1280. The van der Waals surface area contributed by atoms with Crippen LogP contribution in [0.3, 0.4) is 0 Å². The number of carbonyl (C=O) groups is 1. The number of fused-ring (bicyclic) bond motifs is 1. The second-order valence-corrected chi connectivity index (χ2v) is 8.56. The number of nitrogens with zero attached hydrogens (tertiary/aromatic N) is 6. The summed E-state index contributed by atoms with van der Waals surface area (Å²) in [5, 5.41) is 2.98. The average Bonchev–Trinajstić information content (AvgIpc) is 3.33. The van der Waals surface area contributed by atoms with E-state index in [9.17, 15) is 4.79 Å². The second kappa shape index (κ2) is 9.61. The van der Waals surface area contributed by atoms with Crippen molar-refractivity contribution in [3.8, 4) is 11.4 Å². The molecule has 0 atom stereocenters. The number of anilines is 2. The molecular formula is C22H22BN7O2S. The highest BCUT2D eigenvalue weighted by Gasteiger charge is 2.21. The van der Waals surface area contributed by atoms with Crippen LogP contribution in [0.2, 0.25) is 0 Å². The van der Waals surface area contributed by atoms with Crippen molar-refractivity contribution in [1.29, 1.82) is 0 Å². The van der Waals surface area contributed by atoms with Crippen molar-refractivity contribution < 1.29 is 9.45 Å². The Balaban J connectivity index is 1.34. The van der Waals surface area contributed by atoms with Gasteiger partial charge in [0, 0.05) is 51.2 Å². The zero-order valence-corrected chi connectivity index (χ0v) is 19.0. The zero-order chi connectivity index (χ0) is 22.6. The van der Waals surface area contributed by atoms with Crippen LogP contribution < -0.4 is 10.2 Å². The van der Waals surface area contributed by atoms with E-state index < -0.39 is 0 Å². The lowest BCUT2D eigenvalue weighted by molar-refractivity contribution is 0.102. The van der Waals surface area contributed by atoms with Crippen LogP contribution in [0, 0.1) is 0 Å². The molecule has 166 valence electrons. The summed E-state index contributed by atoms with van der Waals surface area (Å²) >= 11 is 1.58. The molecular weight excluding hydrogens is 437 g/mol. The van der Waals surface area contributed by atoms with Crippen LogP contribution in [0.4, 0.5) is 11.4 Å². The van der Waals surface area contributed by atoms with Crippen LogP contribution in [0.25, 0.3) is 21.6 Å². The minimum Gasteiger partial charge on any atom is -0.427 e. The molecule has 33 heavy (non-hydrogen) atoms. The molecule has 0 aliphatic carbocycles. The summed E-state index contributed by atoms with van der Waals surface area (Å²) in [6, 6.07) is 9.41. The van der Waals surface area contributed by atoms with Crippen LogP contribution in [-0.4, -0.2) is 71.6 Å². The molecule has 0 saturated carbocycles. The third-order valence-electron chi connectivity index (χ3n) is 5.55. The van der Waals surface area contributed by atoms with Crippen molar-refractivity contribution in [2.24, 2.45) is 0 Å². The van der Waals surface area contributed by atoms with Gasteiger partial charge < -0.3 is 19.7 Å². The summed E-state index contributed by atoms with van der Waals surface area (Å²) in [4.78, 5) is 35.0. The van der Waals surface area contributed by atoms with Gasteiger partial charge in [0.25, 0.3) is 5.91 Å². The van der Waals surface area contributed by atoms with E-state index in [4.69, 9.17) is 4.65 Å². The van der Waals surface area contributed by atoms with Gasteiger partial charge in [-0.25, -0.2) is 15.0 Å². The van der Waals surface area contributed by atoms with E-state index >= 15 is 0 Å². The molecule has 3 aromatic heterocycles. The summed E-state index contributed by atoms with van der Waals surface area (Å²) in [7, 11) is 2.33. The van der Waals surface area contributed by atoms with E-state index in [1.54, 1.807) is 43.1 Å². The van der Waals surface area contributed by atoms with Crippen molar-refractivity contribution in [3.05, 3.63) is 60.1 Å². The Morgan fingerprint density at radius 1 is 1.12 bits per heavy atom. The van der Waals surface area contributed by atoms with Crippen LogP contribution in [0.1, 0.15) is 10.5 Å². The van der Waals surface area contributed by atoms with E-state index in [1.165, 1.54) is 0 Å². The van der Waals surface area contributed by atoms with Crippen LogP contribution in [-0.2, 0) is 4.65 Å². The van der Waals surface area contributed by atoms with E-state index in [2.05, 4.69) is 35.0 Å². The van der Waals surface area contributed by atoms with Crippen molar-refractivity contribution in [1.82, 2.24) is 24.7 Å². The second-order valence-electron chi connectivity index (χ2n) is 7.67. The number of hydrogen-bond donors (Lipinski definition) is 1. The molecule has 4 aromatic rings. The number of benzene rings is 1. The Labute approximate surface area is 195 Å². The lowest BCUT2D eigenvalue weighted by atomic mass is 10.1. The first-order valence-electron chi connectivity index (χ1n) is 10.6. The van der Waals surface area contributed by atoms with Crippen molar-refractivity contribution >= 4 is 46.5 Å².